The number of halogens is 4. The van der Waals surface area contributed by atoms with Crippen LogP contribution in [0.2, 0.25) is 5.02 Å². The Morgan fingerprint density at radius 1 is 1.14 bits per heavy atom. The van der Waals surface area contributed by atoms with Gasteiger partial charge in [0.2, 0.25) is 0 Å². The van der Waals surface area contributed by atoms with Gasteiger partial charge in [-0.05, 0) is 30.3 Å². The van der Waals surface area contributed by atoms with E-state index in [1.807, 2.05) is 0 Å². The topological polar surface area (TPSA) is 35.5 Å². The summed E-state index contributed by atoms with van der Waals surface area (Å²) in [5.74, 6) is -0.737. The lowest BCUT2D eigenvalue weighted by Crippen LogP contribution is -2.06. The largest absolute Gasteiger partial charge is 0.465 e. The maximum Gasteiger partial charge on any atom is 0.416 e. The standard InChI is InChI=1S/C15H10ClF3O3/c1-21-14(20)12-6-5-10(16)8-13(12)22-11-4-2-3-9(7-11)15(17,18)19/h2-8H,1H3. The third-order valence-corrected chi connectivity index (χ3v) is 2.97. The molecule has 0 heterocycles. The number of hydrogen-bond donors (Lipinski definition) is 0. The second-order valence-electron chi connectivity index (χ2n) is 4.26. The number of carbonyl (C=O) groups is 1. The summed E-state index contributed by atoms with van der Waals surface area (Å²) < 4.78 is 48.0. The molecule has 0 spiro atoms. The molecule has 0 amide bonds. The van der Waals surface area contributed by atoms with Crippen LogP contribution >= 0.6 is 11.6 Å². The lowest BCUT2D eigenvalue weighted by Gasteiger charge is -2.12. The summed E-state index contributed by atoms with van der Waals surface area (Å²) in [5.41, 5.74) is -0.795. The summed E-state index contributed by atoms with van der Waals surface area (Å²) in [6.45, 7) is 0. The van der Waals surface area contributed by atoms with Crippen LogP contribution in [0.25, 0.3) is 0 Å². The Balaban J connectivity index is 2.39. The minimum absolute atomic E-state index is 0.0127. The van der Waals surface area contributed by atoms with Gasteiger partial charge in [-0.3, -0.25) is 0 Å². The first-order chi connectivity index (χ1) is 10.3. The van der Waals surface area contributed by atoms with Crippen LogP contribution in [-0.2, 0) is 10.9 Å². The molecule has 2 aromatic rings. The van der Waals surface area contributed by atoms with E-state index in [1.54, 1.807) is 0 Å². The lowest BCUT2D eigenvalue weighted by atomic mass is 10.2. The summed E-state index contributed by atoms with van der Waals surface area (Å²) in [4.78, 5) is 11.6. The molecule has 116 valence electrons. The second kappa shape index (κ2) is 6.27. The molecule has 0 aliphatic rings. The molecule has 0 aliphatic heterocycles. The van der Waals surface area contributed by atoms with Crippen LogP contribution in [0.4, 0.5) is 13.2 Å². The Hall–Kier alpha value is -2.21. The SMILES string of the molecule is COC(=O)c1ccc(Cl)cc1Oc1cccc(C(F)(F)F)c1. The van der Waals surface area contributed by atoms with Gasteiger partial charge in [-0.25, -0.2) is 4.79 Å². The van der Waals surface area contributed by atoms with E-state index in [0.717, 1.165) is 12.1 Å². The Kier molecular flexibility index (Phi) is 4.61. The van der Waals surface area contributed by atoms with Crippen LogP contribution in [0.15, 0.2) is 42.5 Å². The van der Waals surface area contributed by atoms with E-state index < -0.39 is 17.7 Å². The first-order valence-electron chi connectivity index (χ1n) is 6.04. The van der Waals surface area contributed by atoms with E-state index in [1.165, 1.54) is 37.4 Å². The third-order valence-electron chi connectivity index (χ3n) is 2.74. The van der Waals surface area contributed by atoms with Gasteiger partial charge in [0.25, 0.3) is 0 Å². The number of alkyl halides is 3. The number of esters is 1. The van der Waals surface area contributed by atoms with Gasteiger partial charge in [-0.2, -0.15) is 13.2 Å². The van der Waals surface area contributed by atoms with Crippen molar-refractivity contribution in [2.24, 2.45) is 0 Å². The van der Waals surface area contributed by atoms with Gasteiger partial charge in [-0.1, -0.05) is 17.7 Å². The van der Waals surface area contributed by atoms with E-state index in [2.05, 4.69) is 4.74 Å². The summed E-state index contributed by atoms with van der Waals surface area (Å²) in [5, 5.41) is 0.273. The van der Waals surface area contributed by atoms with Crippen LogP contribution in [0.5, 0.6) is 11.5 Å². The average Bonchev–Trinajstić information content (AvgIpc) is 2.46. The molecule has 22 heavy (non-hydrogen) atoms. The maximum absolute atomic E-state index is 12.7. The van der Waals surface area contributed by atoms with Crippen molar-refractivity contribution in [1.82, 2.24) is 0 Å². The maximum atomic E-state index is 12.7. The molecular weight excluding hydrogens is 321 g/mol. The molecule has 0 atom stereocenters. The number of ether oxygens (including phenoxy) is 2. The lowest BCUT2D eigenvalue weighted by molar-refractivity contribution is -0.137. The zero-order chi connectivity index (χ0) is 16.3. The summed E-state index contributed by atoms with van der Waals surface area (Å²) >= 11 is 5.82. The summed E-state index contributed by atoms with van der Waals surface area (Å²) in [6.07, 6.45) is -4.49. The highest BCUT2D eigenvalue weighted by atomic mass is 35.5. The Morgan fingerprint density at radius 2 is 1.86 bits per heavy atom. The fourth-order valence-corrected chi connectivity index (χ4v) is 1.88. The zero-order valence-corrected chi connectivity index (χ0v) is 12.0. The molecule has 0 saturated carbocycles. The molecule has 0 aromatic heterocycles. The van der Waals surface area contributed by atoms with E-state index in [9.17, 15) is 18.0 Å². The quantitative estimate of drug-likeness (QED) is 0.748. The zero-order valence-electron chi connectivity index (χ0n) is 11.3. The number of methoxy groups -OCH3 is 1. The summed E-state index contributed by atoms with van der Waals surface area (Å²) in [7, 11) is 1.19. The Bertz CT molecular complexity index is 699. The van der Waals surface area contributed by atoms with Gasteiger partial charge >= 0.3 is 12.1 Å². The number of hydrogen-bond acceptors (Lipinski definition) is 3. The monoisotopic (exact) mass is 330 g/mol. The van der Waals surface area contributed by atoms with Crippen molar-refractivity contribution in [1.29, 1.82) is 0 Å². The van der Waals surface area contributed by atoms with Crippen LogP contribution in [-0.4, -0.2) is 13.1 Å². The normalized spacial score (nSPS) is 11.1. The van der Waals surface area contributed by atoms with Gasteiger partial charge in [0.15, 0.2) is 0 Å². The minimum atomic E-state index is -4.49. The van der Waals surface area contributed by atoms with Gasteiger partial charge in [0.1, 0.15) is 17.1 Å². The molecule has 0 radical (unpaired) electrons. The van der Waals surface area contributed by atoms with E-state index in [0.29, 0.717) is 0 Å². The van der Waals surface area contributed by atoms with E-state index in [4.69, 9.17) is 16.3 Å². The smallest absolute Gasteiger partial charge is 0.416 e. The fraction of sp³-hybridized carbons (Fsp3) is 0.133. The van der Waals surface area contributed by atoms with Gasteiger partial charge in [-0.15, -0.1) is 0 Å². The third kappa shape index (κ3) is 3.71. The van der Waals surface area contributed by atoms with Crippen LogP contribution < -0.4 is 4.74 Å². The Morgan fingerprint density at radius 3 is 2.50 bits per heavy atom. The van der Waals surface area contributed by atoms with Crippen LogP contribution in [0.3, 0.4) is 0 Å². The van der Waals surface area contributed by atoms with E-state index in [-0.39, 0.29) is 22.1 Å². The van der Waals surface area contributed by atoms with Crippen molar-refractivity contribution in [3.8, 4) is 11.5 Å². The Labute approximate surface area is 129 Å². The molecule has 2 rings (SSSR count). The highest BCUT2D eigenvalue weighted by molar-refractivity contribution is 6.30. The molecule has 0 fully saturated rings. The number of rotatable bonds is 3. The van der Waals surface area contributed by atoms with Crippen molar-refractivity contribution in [2.45, 2.75) is 6.18 Å². The molecular formula is C15H10ClF3O3. The highest BCUT2D eigenvalue weighted by Gasteiger charge is 2.30. The highest BCUT2D eigenvalue weighted by Crippen LogP contribution is 2.34. The van der Waals surface area contributed by atoms with Crippen LogP contribution in [0.1, 0.15) is 15.9 Å². The molecule has 0 unspecified atom stereocenters. The molecule has 3 nitrogen and oxygen atoms in total. The van der Waals surface area contributed by atoms with E-state index >= 15 is 0 Å². The number of benzene rings is 2. The minimum Gasteiger partial charge on any atom is -0.465 e. The van der Waals surface area contributed by atoms with Gasteiger partial charge < -0.3 is 9.47 Å². The molecule has 0 bridgehead atoms. The predicted octanol–water partition coefficient (Wildman–Crippen LogP) is 4.94. The molecule has 7 heteroatoms. The van der Waals surface area contributed by atoms with Crippen molar-refractivity contribution < 1.29 is 27.4 Å². The van der Waals surface area contributed by atoms with Crippen molar-refractivity contribution >= 4 is 17.6 Å². The molecule has 0 N–H and O–H groups in total. The molecule has 0 aliphatic carbocycles. The molecule has 2 aromatic carbocycles. The fourth-order valence-electron chi connectivity index (χ4n) is 1.72. The van der Waals surface area contributed by atoms with Crippen LogP contribution in [0, 0.1) is 0 Å². The second-order valence-corrected chi connectivity index (χ2v) is 4.70. The van der Waals surface area contributed by atoms with Crippen molar-refractivity contribution in [3.63, 3.8) is 0 Å². The van der Waals surface area contributed by atoms with Crippen molar-refractivity contribution in [3.05, 3.63) is 58.6 Å². The first kappa shape index (κ1) is 16.2. The average molecular weight is 331 g/mol. The van der Waals surface area contributed by atoms with Gasteiger partial charge in [0.05, 0.1) is 12.7 Å². The van der Waals surface area contributed by atoms with Crippen molar-refractivity contribution in [2.75, 3.05) is 7.11 Å². The number of carbonyl (C=O) groups excluding carboxylic acids is 1. The van der Waals surface area contributed by atoms with Gasteiger partial charge in [0, 0.05) is 11.1 Å². The predicted molar refractivity (Wildman–Crippen MR) is 74.3 cm³/mol. The molecule has 0 saturated heterocycles. The first-order valence-corrected chi connectivity index (χ1v) is 6.42. The summed E-state index contributed by atoms with van der Waals surface area (Å²) in [6, 6.07) is 8.46.